The summed E-state index contributed by atoms with van der Waals surface area (Å²) in [5, 5.41) is 17.7. The van der Waals surface area contributed by atoms with Crippen LogP contribution in [-0.2, 0) is 20.0 Å². The smallest absolute Gasteiger partial charge is 0.0863 e. The standard InChI is InChI=1S/C11H18ClN3O/c1-3-8-10(12)9(15(2)14-8)6-13-11(7-16)4-5-11/h13,16H,3-7H2,1-2H3. The van der Waals surface area contributed by atoms with Crippen LogP contribution in [0.3, 0.4) is 0 Å². The number of aliphatic hydroxyl groups excluding tert-OH is 1. The van der Waals surface area contributed by atoms with Gasteiger partial charge in [0, 0.05) is 19.1 Å². The third-order valence-electron chi connectivity index (χ3n) is 3.29. The van der Waals surface area contributed by atoms with Gasteiger partial charge < -0.3 is 10.4 Å². The Morgan fingerprint density at radius 3 is 2.69 bits per heavy atom. The van der Waals surface area contributed by atoms with Crippen molar-refractivity contribution in [3.05, 3.63) is 16.4 Å². The second-order valence-electron chi connectivity index (χ2n) is 4.48. The number of nitrogens with one attached hydrogen (secondary N) is 1. The molecule has 0 spiro atoms. The molecule has 2 rings (SSSR count). The molecule has 1 fully saturated rings. The van der Waals surface area contributed by atoms with Crippen LogP contribution in [0, 0.1) is 0 Å². The number of hydrogen-bond acceptors (Lipinski definition) is 3. The van der Waals surface area contributed by atoms with Crippen LogP contribution in [0.1, 0.15) is 31.2 Å². The molecule has 1 aliphatic rings. The third-order valence-corrected chi connectivity index (χ3v) is 3.73. The fourth-order valence-electron chi connectivity index (χ4n) is 1.82. The van der Waals surface area contributed by atoms with Gasteiger partial charge in [-0.1, -0.05) is 18.5 Å². The Bertz CT molecular complexity index is 385. The first-order chi connectivity index (χ1) is 7.62. The van der Waals surface area contributed by atoms with Crippen LogP contribution in [0.2, 0.25) is 5.02 Å². The average molecular weight is 244 g/mol. The lowest BCUT2D eigenvalue weighted by Crippen LogP contribution is -2.34. The molecule has 0 unspecified atom stereocenters. The van der Waals surface area contributed by atoms with Crippen molar-refractivity contribution in [2.75, 3.05) is 6.61 Å². The highest BCUT2D eigenvalue weighted by Crippen LogP contribution is 2.35. The zero-order chi connectivity index (χ0) is 11.8. The van der Waals surface area contributed by atoms with Crippen LogP contribution in [0.15, 0.2) is 0 Å². The molecule has 0 saturated heterocycles. The number of nitrogens with zero attached hydrogens (tertiary/aromatic N) is 2. The third kappa shape index (κ3) is 2.10. The molecule has 90 valence electrons. The largest absolute Gasteiger partial charge is 0.394 e. The van der Waals surface area contributed by atoms with Crippen LogP contribution in [0.25, 0.3) is 0 Å². The lowest BCUT2D eigenvalue weighted by Gasteiger charge is -2.14. The highest BCUT2D eigenvalue weighted by Gasteiger charge is 2.41. The first-order valence-electron chi connectivity index (χ1n) is 5.68. The molecule has 0 bridgehead atoms. The first kappa shape index (κ1) is 11.9. The van der Waals surface area contributed by atoms with Crippen LogP contribution in [-0.4, -0.2) is 27.0 Å². The van der Waals surface area contributed by atoms with Crippen molar-refractivity contribution >= 4 is 11.6 Å². The van der Waals surface area contributed by atoms with Crippen LogP contribution >= 0.6 is 11.6 Å². The Kier molecular flexibility index (Phi) is 3.24. The van der Waals surface area contributed by atoms with Crippen LogP contribution in [0.5, 0.6) is 0 Å². The molecule has 0 amide bonds. The molecular formula is C11H18ClN3O. The molecular weight excluding hydrogens is 226 g/mol. The van der Waals surface area contributed by atoms with E-state index in [1.807, 2.05) is 18.7 Å². The summed E-state index contributed by atoms with van der Waals surface area (Å²) in [5.41, 5.74) is 1.88. The van der Waals surface area contributed by atoms with E-state index in [0.29, 0.717) is 6.54 Å². The number of halogens is 1. The molecule has 0 aromatic carbocycles. The Morgan fingerprint density at radius 1 is 1.56 bits per heavy atom. The van der Waals surface area contributed by atoms with E-state index in [-0.39, 0.29) is 12.1 Å². The lowest BCUT2D eigenvalue weighted by atomic mass is 10.2. The number of aryl methyl sites for hydroxylation is 2. The van der Waals surface area contributed by atoms with Crippen LogP contribution in [0.4, 0.5) is 0 Å². The van der Waals surface area contributed by atoms with Gasteiger partial charge in [-0.3, -0.25) is 4.68 Å². The molecule has 2 N–H and O–H groups in total. The van der Waals surface area contributed by atoms with E-state index in [9.17, 15) is 5.11 Å². The molecule has 16 heavy (non-hydrogen) atoms. The summed E-state index contributed by atoms with van der Waals surface area (Å²) >= 11 is 6.24. The second kappa shape index (κ2) is 4.35. The van der Waals surface area contributed by atoms with Gasteiger partial charge in [0.05, 0.1) is 23.0 Å². The highest BCUT2D eigenvalue weighted by atomic mass is 35.5. The second-order valence-corrected chi connectivity index (χ2v) is 4.85. The minimum atomic E-state index is -0.0556. The summed E-state index contributed by atoms with van der Waals surface area (Å²) in [4.78, 5) is 0. The van der Waals surface area contributed by atoms with E-state index in [1.54, 1.807) is 0 Å². The van der Waals surface area contributed by atoms with Gasteiger partial charge in [-0.25, -0.2) is 0 Å². The summed E-state index contributed by atoms with van der Waals surface area (Å²) in [6.45, 7) is 2.91. The number of aromatic nitrogens is 2. The van der Waals surface area contributed by atoms with Crippen molar-refractivity contribution in [2.45, 2.75) is 38.3 Å². The predicted octanol–water partition coefficient (Wildman–Crippen LogP) is 1.25. The van der Waals surface area contributed by atoms with Gasteiger partial charge >= 0.3 is 0 Å². The van der Waals surface area contributed by atoms with E-state index >= 15 is 0 Å². The zero-order valence-corrected chi connectivity index (χ0v) is 10.5. The molecule has 0 atom stereocenters. The predicted molar refractivity (Wildman–Crippen MR) is 63.5 cm³/mol. The van der Waals surface area contributed by atoms with Crippen molar-refractivity contribution in [3.63, 3.8) is 0 Å². The van der Waals surface area contributed by atoms with E-state index in [2.05, 4.69) is 10.4 Å². The molecule has 1 saturated carbocycles. The van der Waals surface area contributed by atoms with E-state index < -0.39 is 0 Å². The van der Waals surface area contributed by atoms with E-state index in [1.165, 1.54) is 0 Å². The maximum Gasteiger partial charge on any atom is 0.0863 e. The monoisotopic (exact) mass is 243 g/mol. The Balaban J connectivity index is 2.06. The molecule has 1 aromatic heterocycles. The van der Waals surface area contributed by atoms with Crippen molar-refractivity contribution < 1.29 is 5.11 Å². The van der Waals surface area contributed by atoms with E-state index in [0.717, 1.165) is 35.7 Å². The van der Waals surface area contributed by atoms with Crippen molar-refractivity contribution in [1.82, 2.24) is 15.1 Å². The van der Waals surface area contributed by atoms with Gasteiger partial charge in [-0.05, 0) is 19.3 Å². The Hall–Kier alpha value is -0.580. The average Bonchev–Trinajstić information content (AvgIpc) is 3.01. The fraction of sp³-hybridized carbons (Fsp3) is 0.727. The molecule has 1 aromatic rings. The quantitative estimate of drug-likeness (QED) is 0.819. The van der Waals surface area contributed by atoms with Crippen molar-refractivity contribution in [1.29, 1.82) is 0 Å². The SMILES string of the molecule is CCc1nn(C)c(CNC2(CO)CC2)c1Cl. The summed E-state index contributed by atoms with van der Waals surface area (Å²) in [5.74, 6) is 0. The summed E-state index contributed by atoms with van der Waals surface area (Å²) < 4.78 is 1.82. The van der Waals surface area contributed by atoms with Crippen LogP contribution < -0.4 is 5.32 Å². The zero-order valence-electron chi connectivity index (χ0n) is 9.76. The van der Waals surface area contributed by atoms with Gasteiger partial charge in [-0.15, -0.1) is 0 Å². The van der Waals surface area contributed by atoms with Gasteiger partial charge in [0.2, 0.25) is 0 Å². The van der Waals surface area contributed by atoms with Crippen molar-refractivity contribution in [2.24, 2.45) is 7.05 Å². The van der Waals surface area contributed by atoms with Gasteiger partial charge in [0.1, 0.15) is 0 Å². The topological polar surface area (TPSA) is 50.1 Å². The fourth-order valence-corrected chi connectivity index (χ4v) is 2.19. The minimum absolute atomic E-state index is 0.0556. The Morgan fingerprint density at radius 2 is 2.25 bits per heavy atom. The summed E-state index contributed by atoms with van der Waals surface area (Å²) in [6.07, 6.45) is 2.93. The summed E-state index contributed by atoms with van der Waals surface area (Å²) in [6, 6.07) is 0. The molecule has 1 heterocycles. The molecule has 4 nitrogen and oxygen atoms in total. The van der Waals surface area contributed by atoms with Crippen molar-refractivity contribution in [3.8, 4) is 0 Å². The molecule has 1 aliphatic carbocycles. The maximum atomic E-state index is 9.21. The number of aliphatic hydroxyl groups is 1. The first-order valence-corrected chi connectivity index (χ1v) is 6.06. The molecule has 0 aliphatic heterocycles. The van der Waals surface area contributed by atoms with Gasteiger partial charge in [0.15, 0.2) is 0 Å². The number of hydrogen-bond donors (Lipinski definition) is 2. The summed E-state index contributed by atoms with van der Waals surface area (Å²) in [7, 11) is 1.90. The normalized spacial score (nSPS) is 17.8. The molecule has 5 heteroatoms. The lowest BCUT2D eigenvalue weighted by molar-refractivity contribution is 0.229. The highest BCUT2D eigenvalue weighted by molar-refractivity contribution is 6.31. The van der Waals surface area contributed by atoms with Gasteiger partial charge in [-0.2, -0.15) is 5.10 Å². The Labute approximate surface area is 101 Å². The maximum absolute atomic E-state index is 9.21. The minimum Gasteiger partial charge on any atom is -0.394 e. The number of rotatable bonds is 5. The van der Waals surface area contributed by atoms with E-state index in [4.69, 9.17) is 11.6 Å². The molecule has 0 radical (unpaired) electrons. The van der Waals surface area contributed by atoms with Gasteiger partial charge in [0.25, 0.3) is 0 Å².